The number of carbonyl (C=O) groups excluding carboxylic acids is 1. The molecule has 4 rings (SSSR count). The Bertz CT molecular complexity index is 1220. The average Bonchev–Trinajstić information content (AvgIpc) is 3.18. The van der Waals surface area contributed by atoms with E-state index in [1.807, 2.05) is 50.2 Å². The number of fused-ring (bicyclic) bond motifs is 1. The van der Waals surface area contributed by atoms with Gasteiger partial charge in [0.15, 0.2) is 0 Å². The van der Waals surface area contributed by atoms with E-state index >= 15 is 0 Å². The Morgan fingerprint density at radius 1 is 1.03 bits per heavy atom. The zero-order valence-electron chi connectivity index (χ0n) is 18.0. The van der Waals surface area contributed by atoms with E-state index < -0.39 is 10.0 Å². The number of nitrogens with zero attached hydrogens (tertiary/aromatic N) is 2. The second-order valence-corrected chi connectivity index (χ2v) is 9.74. The largest absolute Gasteiger partial charge is 0.494 e. The quantitative estimate of drug-likeness (QED) is 0.658. The first-order valence-electron chi connectivity index (χ1n) is 10.4. The van der Waals surface area contributed by atoms with E-state index in [4.69, 9.17) is 4.74 Å². The molecule has 3 aromatic rings. The first kappa shape index (κ1) is 21.4. The Kier molecular flexibility index (Phi) is 5.77. The molecule has 1 aliphatic rings. The number of rotatable bonds is 5. The Labute approximate surface area is 182 Å². The third-order valence-corrected chi connectivity index (χ3v) is 7.66. The van der Waals surface area contributed by atoms with Crippen LogP contribution in [0.1, 0.15) is 28.5 Å². The highest BCUT2D eigenvalue weighted by Gasteiger charge is 2.31. The number of aromatic nitrogens is 1. The molecule has 1 aromatic heterocycles. The summed E-state index contributed by atoms with van der Waals surface area (Å²) in [5.74, 6) is 0.624. The molecule has 0 saturated carbocycles. The summed E-state index contributed by atoms with van der Waals surface area (Å²) in [7, 11) is -3.59. The van der Waals surface area contributed by atoms with Crippen molar-refractivity contribution in [2.24, 2.45) is 0 Å². The lowest BCUT2D eigenvalue weighted by Gasteiger charge is -2.34. The number of aryl methyl sites for hydroxylation is 2. The van der Waals surface area contributed by atoms with Gasteiger partial charge in [-0.1, -0.05) is 12.1 Å². The van der Waals surface area contributed by atoms with Crippen LogP contribution in [-0.4, -0.2) is 61.3 Å². The van der Waals surface area contributed by atoms with Crippen molar-refractivity contribution < 1.29 is 17.9 Å². The van der Waals surface area contributed by atoms with Crippen LogP contribution in [0.5, 0.6) is 5.75 Å². The second kappa shape index (κ2) is 8.36. The normalized spacial score (nSPS) is 15.4. The minimum atomic E-state index is -3.59. The predicted molar refractivity (Wildman–Crippen MR) is 120 cm³/mol. The summed E-state index contributed by atoms with van der Waals surface area (Å²) in [6.45, 7) is 7.43. The summed E-state index contributed by atoms with van der Waals surface area (Å²) in [5.41, 5.74) is 2.97. The summed E-state index contributed by atoms with van der Waals surface area (Å²) in [6.07, 6.45) is 0. The van der Waals surface area contributed by atoms with Crippen LogP contribution in [0, 0.1) is 13.8 Å². The van der Waals surface area contributed by atoms with Gasteiger partial charge in [0.25, 0.3) is 5.91 Å². The number of hydrogen-bond acceptors (Lipinski definition) is 4. The van der Waals surface area contributed by atoms with Gasteiger partial charge in [-0.15, -0.1) is 0 Å². The van der Waals surface area contributed by atoms with Gasteiger partial charge in [0.2, 0.25) is 10.0 Å². The maximum atomic E-state index is 13.1. The third-order valence-electron chi connectivity index (χ3n) is 5.62. The molecule has 0 bridgehead atoms. The predicted octanol–water partition coefficient (Wildman–Crippen LogP) is 3.33. The first-order valence-corrected chi connectivity index (χ1v) is 11.9. The maximum absolute atomic E-state index is 13.1. The topological polar surface area (TPSA) is 82.7 Å². The van der Waals surface area contributed by atoms with E-state index in [1.54, 1.807) is 17.9 Å². The minimum Gasteiger partial charge on any atom is -0.494 e. The van der Waals surface area contributed by atoms with Gasteiger partial charge in [-0.05, 0) is 56.2 Å². The molecule has 0 aliphatic carbocycles. The van der Waals surface area contributed by atoms with Crippen molar-refractivity contribution in [2.75, 3.05) is 32.8 Å². The van der Waals surface area contributed by atoms with Crippen LogP contribution in [0.4, 0.5) is 0 Å². The molecule has 1 amide bonds. The third kappa shape index (κ3) is 4.18. The molecule has 1 saturated heterocycles. The van der Waals surface area contributed by atoms with Crippen LogP contribution in [-0.2, 0) is 10.0 Å². The fourth-order valence-corrected chi connectivity index (χ4v) is 5.64. The van der Waals surface area contributed by atoms with Crippen LogP contribution in [0.3, 0.4) is 0 Å². The molecule has 0 radical (unpaired) electrons. The molecule has 164 valence electrons. The molecular weight excluding hydrogens is 414 g/mol. The highest BCUT2D eigenvalue weighted by molar-refractivity contribution is 7.89. The minimum absolute atomic E-state index is 0.127. The average molecular weight is 442 g/mol. The summed E-state index contributed by atoms with van der Waals surface area (Å²) in [6, 6.07) is 12.9. The van der Waals surface area contributed by atoms with Crippen molar-refractivity contribution in [2.45, 2.75) is 25.7 Å². The number of H-pyrrole nitrogens is 1. The number of aromatic amines is 1. The molecule has 1 fully saturated rings. The number of piperazine rings is 1. The summed E-state index contributed by atoms with van der Waals surface area (Å²) < 4.78 is 33.2. The van der Waals surface area contributed by atoms with Crippen molar-refractivity contribution in [1.82, 2.24) is 14.2 Å². The van der Waals surface area contributed by atoms with Gasteiger partial charge in [-0.2, -0.15) is 4.31 Å². The van der Waals surface area contributed by atoms with Crippen molar-refractivity contribution in [3.63, 3.8) is 0 Å². The van der Waals surface area contributed by atoms with Crippen LogP contribution >= 0.6 is 0 Å². The molecule has 7 nitrogen and oxygen atoms in total. The molecule has 1 aliphatic heterocycles. The van der Waals surface area contributed by atoms with Crippen molar-refractivity contribution in [1.29, 1.82) is 0 Å². The lowest BCUT2D eigenvalue weighted by atomic mass is 10.2. The lowest BCUT2D eigenvalue weighted by molar-refractivity contribution is 0.0693. The lowest BCUT2D eigenvalue weighted by Crippen LogP contribution is -2.50. The number of ether oxygens (including phenoxy) is 1. The fraction of sp³-hybridized carbons (Fsp3) is 0.348. The van der Waals surface area contributed by atoms with Gasteiger partial charge >= 0.3 is 0 Å². The highest BCUT2D eigenvalue weighted by Crippen LogP contribution is 2.25. The van der Waals surface area contributed by atoms with Crippen LogP contribution in [0.25, 0.3) is 10.9 Å². The van der Waals surface area contributed by atoms with Gasteiger partial charge in [0.05, 0.1) is 11.5 Å². The Hall–Kier alpha value is -2.84. The standard InChI is InChI=1S/C23H27N3O4S/c1-4-30-19-8-7-18-14-21(24-20(18)15-19)23(27)25-9-11-26(12-10-25)31(28,29)22-13-16(2)5-6-17(22)3/h5-8,13-15,24H,4,9-12H2,1-3H3. The number of sulfonamides is 1. The number of carbonyl (C=O) groups is 1. The van der Waals surface area contributed by atoms with E-state index in [0.717, 1.165) is 27.8 Å². The van der Waals surface area contributed by atoms with Gasteiger partial charge in [0.1, 0.15) is 11.4 Å². The Balaban J connectivity index is 1.47. The number of benzene rings is 2. The zero-order valence-corrected chi connectivity index (χ0v) is 18.8. The van der Waals surface area contributed by atoms with Gasteiger partial charge in [-0.25, -0.2) is 8.42 Å². The van der Waals surface area contributed by atoms with Gasteiger partial charge < -0.3 is 14.6 Å². The van der Waals surface area contributed by atoms with Crippen molar-refractivity contribution in [3.05, 3.63) is 59.3 Å². The summed E-state index contributed by atoms with van der Waals surface area (Å²) >= 11 is 0. The molecule has 31 heavy (non-hydrogen) atoms. The van der Waals surface area contributed by atoms with E-state index in [0.29, 0.717) is 30.3 Å². The number of nitrogens with one attached hydrogen (secondary N) is 1. The van der Waals surface area contributed by atoms with Crippen LogP contribution in [0.15, 0.2) is 47.4 Å². The Morgan fingerprint density at radius 2 is 1.77 bits per heavy atom. The highest BCUT2D eigenvalue weighted by atomic mass is 32.2. The molecule has 0 unspecified atom stereocenters. The van der Waals surface area contributed by atoms with Gasteiger partial charge in [-0.3, -0.25) is 4.79 Å². The molecule has 0 spiro atoms. The smallest absolute Gasteiger partial charge is 0.270 e. The SMILES string of the molecule is CCOc1ccc2cc(C(=O)N3CCN(S(=O)(=O)c4cc(C)ccc4C)CC3)[nH]c2c1. The molecule has 2 heterocycles. The van der Waals surface area contributed by atoms with Crippen LogP contribution in [0.2, 0.25) is 0 Å². The molecule has 0 atom stereocenters. The monoisotopic (exact) mass is 441 g/mol. The van der Waals surface area contributed by atoms with E-state index in [9.17, 15) is 13.2 Å². The summed E-state index contributed by atoms with van der Waals surface area (Å²) in [4.78, 5) is 18.2. The Morgan fingerprint density at radius 3 is 2.48 bits per heavy atom. The van der Waals surface area contributed by atoms with Crippen LogP contribution < -0.4 is 4.74 Å². The summed E-state index contributed by atoms with van der Waals surface area (Å²) in [5, 5.41) is 0.933. The molecule has 1 N–H and O–H groups in total. The molecule has 8 heteroatoms. The maximum Gasteiger partial charge on any atom is 0.270 e. The first-order chi connectivity index (χ1) is 14.8. The van der Waals surface area contributed by atoms with E-state index in [2.05, 4.69) is 4.98 Å². The fourth-order valence-electron chi connectivity index (χ4n) is 3.90. The van der Waals surface area contributed by atoms with Crippen molar-refractivity contribution in [3.8, 4) is 5.75 Å². The molecule has 2 aromatic carbocycles. The second-order valence-electron chi connectivity index (χ2n) is 7.83. The number of hydrogen-bond donors (Lipinski definition) is 1. The van der Waals surface area contributed by atoms with E-state index in [-0.39, 0.29) is 19.0 Å². The van der Waals surface area contributed by atoms with Crippen molar-refractivity contribution >= 4 is 26.8 Å². The van der Waals surface area contributed by atoms with Gasteiger partial charge in [0, 0.05) is 43.1 Å². The zero-order chi connectivity index (χ0) is 22.2. The molecular formula is C23H27N3O4S. The van der Waals surface area contributed by atoms with E-state index in [1.165, 1.54) is 4.31 Å². The number of amides is 1.